The molecule has 0 radical (unpaired) electrons. The molecule has 2 aromatic rings. The van der Waals surface area contributed by atoms with Crippen LogP contribution >= 0.6 is 11.3 Å². The third kappa shape index (κ3) is 3.49. The number of rotatable bonds is 7. The van der Waals surface area contributed by atoms with E-state index in [9.17, 15) is 0 Å². The second-order valence-electron chi connectivity index (χ2n) is 4.52. The van der Waals surface area contributed by atoms with Crippen molar-refractivity contribution < 1.29 is 4.74 Å². The summed E-state index contributed by atoms with van der Waals surface area (Å²) in [6.07, 6.45) is 3.60. The zero-order chi connectivity index (χ0) is 13.7. The predicted octanol–water partition coefficient (Wildman–Crippen LogP) is 2.42. The predicted molar refractivity (Wildman–Crippen MR) is 79.8 cm³/mol. The summed E-state index contributed by atoms with van der Waals surface area (Å²) < 4.78 is 5.26. The van der Waals surface area contributed by atoms with Crippen molar-refractivity contribution in [1.82, 2.24) is 15.3 Å². The molecule has 1 unspecified atom stereocenters. The number of hydrogen-bond donors (Lipinski definition) is 1. The largest absolute Gasteiger partial charge is 0.383 e. The number of hydrogen-bond acceptors (Lipinski definition) is 5. The molecular weight excluding hydrogens is 258 g/mol. The van der Waals surface area contributed by atoms with Crippen LogP contribution < -0.4 is 5.32 Å². The maximum absolute atomic E-state index is 5.26. The minimum atomic E-state index is 0.304. The highest BCUT2D eigenvalue weighted by Gasteiger charge is 2.13. The van der Waals surface area contributed by atoms with Gasteiger partial charge in [-0.1, -0.05) is 13.8 Å². The molecule has 0 aliphatic rings. The lowest BCUT2D eigenvalue weighted by Crippen LogP contribution is -2.35. The quantitative estimate of drug-likeness (QED) is 0.845. The van der Waals surface area contributed by atoms with E-state index in [0.29, 0.717) is 12.6 Å². The van der Waals surface area contributed by atoms with Crippen molar-refractivity contribution in [2.45, 2.75) is 32.7 Å². The number of nitrogens with one attached hydrogen (secondary N) is 1. The van der Waals surface area contributed by atoms with Gasteiger partial charge in [-0.15, -0.1) is 11.3 Å². The van der Waals surface area contributed by atoms with Gasteiger partial charge in [-0.25, -0.2) is 9.97 Å². The third-order valence-electron chi connectivity index (χ3n) is 3.11. The van der Waals surface area contributed by atoms with Gasteiger partial charge in [0.2, 0.25) is 0 Å². The van der Waals surface area contributed by atoms with Crippen molar-refractivity contribution >= 4 is 21.6 Å². The summed E-state index contributed by atoms with van der Waals surface area (Å²) in [5.74, 6) is 0. The molecule has 1 atom stereocenters. The highest BCUT2D eigenvalue weighted by atomic mass is 32.1. The van der Waals surface area contributed by atoms with Gasteiger partial charge in [0.05, 0.1) is 12.3 Å². The summed E-state index contributed by atoms with van der Waals surface area (Å²) in [5.41, 5.74) is 1.11. The summed E-state index contributed by atoms with van der Waals surface area (Å²) in [7, 11) is 1.74. The smallest absolute Gasteiger partial charge is 0.127 e. The van der Waals surface area contributed by atoms with Crippen molar-refractivity contribution in [2.24, 2.45) is 0 Å². The van der Waals surface area contributed by atoms with Gasteiger partial charge in [-0.3, -0.25) is 0 Å². The Morgan fingerprint density at radius 1 is 1.37 bits per heavy atom. The number of fused-ring (bicyclic) bond motifs is 1. The van der Waals surface area contributed by atoms with Crippen LogP contribution in [-0.4, -0.2) is 36.3 Å². The normalized spacial score (nSPS) is 13.0. The van der Waals surface area contributed by atoms with Gasteiger partial charge in [-0.2, -0.15) is 0 Å². The molecule has 0 saturated carbocycles. The molecule has 0 bridgehead atoms. The van der Waals surface area contributed by atoms with Crippen LogP contribution in [0.1, 0.15) is 24.4 Å². The first-order valence-electron chi connectivity index (χ1n) is 6.73. The lowest BCUT2D eigenvalue weighted by molar-refractivity contribution is 0.166. The summed E-state index contributed by atoms with van der Waals surface area (Å²) >= 11 is 1.76. The van der Waals surface area contributed by atoms with Crippen molar-refractivity contribution in [3.05, 3.63) is 23.0 Å². The molecule has 2 aromatic heterocycles. The van der Waals surface area contributed by atoms with Gasteiger partial charge in [0, 0.05) is 29.8 Å². The van der Waals surface area contributed by atoms with Crippen LogP contribution in [0.25, 0.3) is 10.2 Å². The molecule has 0 fully saturated rings. The Labute approximate surface area is 118 Å². The fourth-order valence-corrected chi connectivity index (χ4v) is 3.16. The fraction of sp³-hybridized carbons (Fsp3) is 0.571. The highest BCUT2D eigenvalue weighted by Crippen LogP contribution is 2.26. The van der Waals surface area contributed by atoms with E-state index in [2.05, 4.69) is 35.2 Å². The lowest BCUT2D eigenvalue weighted by atomic mass is 10.1. The number of aromatic nitrogens is 2. The highest BCUT2D eigenvalue weighted by molar-refractivity contribution is 7.18. The van der Waals surface area contributed by atoms with Crippen LogP contribution in [-0.2, 0) is 17.6 Å². The van der Waals surface area contributed by atoms with Gasteiger partial charge in [0.15, 0.2) is 0 Å². The van der Waals surface area contributed by atoms with E-state index in [1.807, 2.05) is 0 Å². The summed E-state index contributed by atoms with van der Waals surface area (Å²) in [4.78, 5) is 11.3. The third-order valence-corrected chi connectivity index (χ3v) is 4.30. The van der Waals surface area contributed by atoms with Gasteiger partial charge in [0.1, 0.15) is 11.2 Å². The van der Waals surface area contributed by atoms with Gasteiger partial charge in [-0.05, 0) is 19.0 Å². The van der Waals surface area contributed by atoms with E-state index in [0.717, 1.165) is 29.9 Å². The summed E-state index contributed by atoms with van der Waals surface area (Å²) in [6, 6.07) is 2.53. The average Bonchev–Trinajstić information content (AvgIpc) is 2.83. The molecule has 0 aromatic carbocycles. The van der Waals surface area contributed by atoms with Crippen LogP contribution in [0.3, 0.4) is 0 Å². The minimum absolute atomic E-state index is 0.304. The van der Waals surface area contributed by atoms with E-state index in [1.54, 1.807) is 24.8 Å². The monoisotopic (exact) mass is 279 g/mol. The Balaban J connectivity index is 2.25. The zero-order valence-corrected chi connectivity index (χ0v) is 12.6. The second kappa shape index (κ2) is 6.93. The number of likely N-dealkylation sites (N-methyl/N-ethyl adjacent to an activating group) is 1. The van der Waals surface area contributed by atoms with E-state index in [1.165, 1.54) is 10.3 Å². The maximum atomic E-state index is 5.26. The van der Waals surface area contributed by atoms with Crippen molar-refractivity contribution in [2.75, 3.05) is 20.3 Å². The van der Waals surface area contributed by atoms with Crippen LogP contribution in [0.15, 0.2) is 12.4 Å². The SMILES string of the molecule is CCNC(COC)Cc1ncnc2sc(CC)cc12. The van der Waals surface area contributed by atoms with E-state index >= 15 is 0 Å². The first kappa shape index (κ1) is 14.4. The number of methoxy groups -OCH3 is 1. The lowest BCUT2D eigenvalue weighted by Gasteiger charge is -2.16. The number of ether oxygens (including phenoxy) is 1. The molecular formula is C14H21N3OS. The van der Waals surface area contributed by atoms with Gasteiger partial charge in [0.25, 0.3) is 0 Å². The molecule has 0 amide bonds. The molecule has 4 nitrogen and oxygen atoms in total. The molecule has 5 heteroatoms. The molecule has 2 heterocycles. The first-order valence-corrected chi connectivity index (χ1v) is 7.54. The minimum Gasteiger partial charge on any atom is -0.383 e. The number of aryl methyl sites for hydroxylation is 1. The molecule has 104 valence electrons. The van der Waals surface area contributed by atoms with Crippen LogP contribution in [0.5, 0.6) is 0 Å². The molecule has 1 N–H and O–H groups in total. The molecule has 19 heavy (non-hydrogen) atoms. The van der Waals surface area contributed by atoms with E-state index in [4.69, 9.17) is 4.74 Å². The number of nitrogens with zero attached hydrogens (tertiary/aromatic N) is 2. The first-order chi connectivity index (χ1) is 9.28. The van der Waals surface area contributed by atoms with Crippen molar-refractivity contribution in [3.8, 4) is 0 Å². The fourth-order valence-electron chi connectivity index (χ4n) is 2.20. The Morgan fingerprint density at radius 3 is 2.89 bits per heavy atom. The Kier molecular flexibility index (Phi) is 5.24. The van der Waals surface area contributed by atoms with Crippen molar-refractivity contribution in [3.63, 3.8) is 0 Å². The van der Waals surface area contributed by atoms with Crippen LogP contribution in [0.2, 0.25) is 0 Å². The van der Waals surface area contributed by atoms with Gasteiger partial charge < -0.3 is 10.1 Å². The van der Waals surface area contributed by atoms with Crippen LogP contribution in [0.4, 0.5) is 0 Å². The second-order valence-corrected chi connectivity index (χ2v) is 5.63. The van der Waals surface area contributed by atoms with Crippen molar-refractivity contribution in [1.29, 1.82) is 0 Å². The summed E-state index contributed by atoms with van der Waals surface area (Å²) in [5, 5.41) is 4.63. The zero-order valence-electron chi connectivity index (χ0n) is 11.8. The molecule has 0 aliphatic heterocycles. The Morgan fingerprint density at radius 2 is 2.21 bits per heavy atom. The maximum Gasteiger partial charge on any atom is 0.127 e. The summed E-state index contributed by atoms with van der Waals surface area (Å²) in [6.45, 7) is 5.92. The number of thiophene rings is 1. The Hall–Kier alpha value is -1.04. The molecule has 0 saturated heterocycles. The Bertz CT molecular complexity index is 520. The van der Waals surface area contributed by atoms with E-state index in [-0.39, 0.29) is 0 Å². The molecule has 0 spiro atoms. The average molecular weight is 279 g/mol. The van der Waals surface area contributed by atoms with E-state index < -0.39 is 0 Å². The topological polar surface area (TPSA) is 47.0 Å². The molecule has 0 aliphatic carbocycles. The molecule has 2 rings (SSSR count). The van der Waals surface area contributed by atoms with Crippen LogP contribution in [0, 0.1) is 0 Å². The standard InChI is InChI=1S/C14H21N3OS/c1-4-11-7-12-13(16-9-17-14(12)19-11)6-10(8-18-3)15-5-2/h7,9-10,15H,4-6,8H2,1-3H3. The van der Waals surface area contributed by atoms with Gasteiger partial charge >= 0.3 is 0 Å².